The number of pyridine rings is 1. The molecular formula is C21H34N4O3. The zero-order chi connectivity index (χ0) is 19.9. The van der Waals surface area contributed by atoms with Crippen LogP contribution in [0.25, 0.3) is 0 Å². The lowest BCUT2D eigenvalue weighted by atomic mass is 9.92. The fraction of sp³-hybridized carbons (Fsp3) is 0.714. The van der Waals surface area contributed by atoms with Gasteiger partial charge >= 0.3 is 0 Å². The molecule has 0 aromatic carbocycles. The molecule has 1 amide bonds. The minimum atomic E-state index is -0.871. The summed E-state index contributed by atoms with van der Waals surface area (Å²) in [7, 11) is 0. The maximum Gasteiger partial charge on any atom is 0.223 e. The van der Waals surface area contributed by atoms with Crippen LogP contribution in [0.3, 0.4) is 0 Å². The van der Waals surface area contributed by atoms with Gasteiger partial charge in [-0.25, -0.2) is 0 Å². The summed E-state index contributed by atoms with van der Waals surface area (Å²) in [5.41, 5.74) is 2.22. The van der Waals surface area contributed by atoms with E-state index >= 15 is 0 Å². The van der Waals surface area contributed by atoms with Crippen LogP contribution in [0.5, 0.6) is 0 Å². The summed E-state index contributed by atoms with van der Waals surface area (Å²) in [6.45, 7) is 6.89. The third-order valence-electron chi connectivity index (χ3n) is 6.03. The molecule has 0 radical (unpaired) electrons. The quantitative estimate of drug-likeness (QED) is 0.630. The van der Waals surface area contributed by atoms with Gasteiger partial charge in [0.15, 0.2) is 0 Å². The molecular weight excluding hydrogens is 356 g/mol. The Bertz CT molecular complexity index is 626. The molecule has 2 saturated heterocycles. The number of nitrogens with one attached hydrogen (secondary N) is 1. The number of carbonyl (C=O) groups is 1. The fourth-order valence-corrected chi connectivity index (χ4v) is 4.31. The van der Waals surface area contributed by atoms with Gasteiger partial charge in [0, 0.05) is 43.8 Å². The van der Waals surface area contributed by atoms with Gasteiger partial charge in [-0.2, -0.15) is 0 Å². The van der Waals surface area contributed by atoms with Gasteiger partial charge in [0.05, 0.1) is 18.4 Å². The van der Waals surface area contributed by atoms with Crippen LogP contribution in [0.1, 0.15) is 37.1 Å². The van der Waals surface area contributed by atoms with Gasteiger partial charge in [-0.15, -0.1) is 0 Å². The Morgan fingerprint density at radius 3 is 2.57 bits per heavy atom. The van der Waals surface area contributed by atoms with Crippen LogP contribution in [0.4, 0.5) is 0 Å². The van der Waals surface area contributed by atoms with Crippen LogP contribution in [0.2, 0.25) is 0 Å². The Balaban J connectivity index is 1.37. The van der Waals surface area contributed by atoms with E-state index in [9.17, 15) is 9.90 Å². The Hall–Kier alpha value is -1.54. The van der Waals surface area contributed by atoms with E-state index < -0.39 is 6.10 Å². The van der Waals surface area contributed by atoms with Crippen molar-refractivity contribution in [2.75, 3.05) is 39.3 Å². The summed E-state index contributed by atoms with van der Waals surface area (Å²) in [6, 6.07) is 6.83. The highest BCUT2D eigenvalue weighted by Crippen LogP contribution is 2.24. The number of aliphatic hydroxyl groups excluding tert-OH is 2. The molecule has 7 heteroatoms. The van der Waals surface area contributed by atoms with Gasteiger partial charge in [0.25, 0.3) is 0 Å². The van der Waals surface area contributed by atoms with Crippen molar-refractivity contribution in [1.29, 1.82) is 0 Å². The molecule has 2 fully saturated rings. The zero-order valence-electron chi connectivity index (χ0n) is 16.9. The van der Waals surface area contributed by atoms with Gasteiger partial charge in [-0.1, -0.05) is 6.07 Å². The average molecular weight is 391 g/mol. The first kappa shape index (κ1) is 21.2. The molecule has 3 rings (SSSR count). The van der Waals surface area contributed by atoms with Gasteiger partial charge in [-0.05, 0) is 57.8 Å². The minimum Gasteiger partial charge on any atom is -0.394 e. The predicted molar refractivity (Wildman–Crippen MR) is 108 cm³/mol. The van der Waals surface area contributed by atoms with E-state index in [4.69, 9.17) is 5.11 Å². The lowest BCUT2D eigenvalue weighted by Crippen LogP contribution is -2.49. The Kier molecular flexibility index (Phi) is 7.79. The number of carbonyl (C=O) groups excluding carboxylic acids is 1. The lowest BCUT2D eigenvalue weighted by Gasteiger charge is -2.41. The number of likely N-dealkylation sites (tertiary alicyclic amines) is 2. The zero-order valence-corrected chi connectivity index (χ0v) is 16.9. The predicted octanol–water partition coefficient (Wildman–Crippen LogP) is 0.536. The molecule has 2 aliphatic heterocycles. The fourth-order valence-electron chi connectivity index (χ4n) is 4.31. The molecule has 0 unspecified atom stereocenters. The first-order valence-electron chi connectivity index (χ1n) is 10.5. The van der Waals surface area contributed by atoms with E-state index in [-0.39, 0.29) is 25.0 Å². The second-order valence-corrected chi connectivity index (χ2v) is 8.17. The highest BCUT2D eigenvalue weighted by Gasteiger charge is 2.30. The summed E-state index contributed by atoms with van der Waals surface area (Å²) in [5.74, 6) is 0.0299. The SMILES string of the molecule is Cc1cccc(CN2CCC(N3CCC(C(=O)NC[C@H](O)CO)CC3)CC2)n1. The summed E-state index contributed by atoms with van der Waals surface area (Å²) in [5, 5.41) is 21.0. The molecule has 2 aliphatic rings. The summed E-state index contributed by atoms with van der Waals surface area (Å²) < 4.78 is 0. The van der Waals surface area contributed by atoms with Crippen molar-refractivity contribution in [3.63, 3.8) is 0 Å². The molecule has 3 N–H and O–H groups in total. The third kappa shape index (κ3) is 5.98. The molecule has 156 valence electrons. The molecule has 3 heterocycles. The molecule has 7 nitrogen and oxygen atoms in total. The van der Waals surface area contributed by atoms with E-state index in [1.54, 1.807) is 0 Å². The van der Waals surface area contributed by atoms with Crippen LogP contribution in [0.15, 0.2) is 18.2 Å². The number of hydrogen-bond acceptors (Lipinski definition) is 6. The lowest BCUT2D eigenvalue weighted by molar-refractivity contribution is -0.127. The number of aliphatic hydroxyl groups is 2. The number of piperidine rings is 2. The second-order valence-electron chi connectivity index (χ2n) is 8.17. The average Bonchev–Trinajstić information content (AvgIpc) is 2.72. The van der Waals surface area contributed by atoms with E-state index in [0.29, 0.717) is 6.04 Å². The first-order chi connectivity index (χ1) is 13.5. The van der Waals surface area contributed by atoms with Crippen molar-refractivity contribution in [3.8, 4) is 0 Å². The van der Waals surface area contributed by atoms with Crippen molar-refractivity contribution in [3.05, 3.63) is 29.6 Å². The molecule has 0 aliphatic carbocycles. The molecule has 28 heavy (non-hydrogen) atoms. The minimum absolute atomic E-state index is 0.00706. The molecule has 1 atom stereocenters. The highest BCUT2D eigenvalue weighted by atomic mass is 16.3. The highest BCUT2D eigenvalue weighted by molar-refractivity contribution is 5.78. The first-order valence-corrected chi connectivity index (χ1v) is 10.5. The molecule has 1 aromatic heterocycles. The summed E-state index contributed by atoms with van der Waals surface area (Å²) in [6.07, 6.45) is 3.21. The van der Waals surface area contributed by atoms with Gasteiger partial charge in [0.2, 0.25) is 5.91 Å². The second kappa shape index (κ2) is 10.3. The van der Waals surface area contributed by atoms with Gasteiger partial charge in [-0.3, -0.25) is 14.7 Å². The molecule has 0 bridgehead atoms. The number of nitrogens with zero attached hydrogens (tertiary/aromatic N) is 3. The maximum absolute atomic E-state index is 12.2. The summed E-state index contributed by atoms with van der Waals surface area (Å²) in [4.78, 5) is 21.9. The Labute approximate surface area is 167 Å². The third-order valence-corrected chi connectivity index (χ3v) is 6.03. The number of rotatable bonds is 7. The number of hydrogen-bond donors (Lipinski definition) is 3. The van der Waals surface area contributed by atoms with Crippen molar-refractivity contribution < 1.29 is 15.0 Å². The number of aromatic nitrogens is 1. The van der Waals surface area contributed by atoms with Crippen LogP contribution in [-0.2, 0) is 11.3 Å². The number of aryl methyl sites for hydroxylation is 1. The maximum atomic E-state index is 12.2. The van der Waals surface area contributed by atoms with Crippen LogP contribution < -0.4 is 5.32 Å². The van der Waals surface area contributed by atoms with Crippen LogP contribution in [0, 0.1) is 12.8 Å². The van der Waals surface area contributed by atoms with Crippen molar-refractivity contribution in [2.24, 2.45) is 5.92 Å². The van der Waals surface area contributed by atoms with Crippen molar-refractivity contribution in [1.82, 2.24) is 20.1 Å². The standard InChI is InChI=1S/C21H34N4O3/c1-16-3-2-4-18(23-16)14-24-9-7-19(8-10-24)25-11-5-17(6-12-25)21(28)22-13-20(27)15-26/h2-4,17,19-20,26-27H,5-15H2,1H3,(H,22,28)/t20-/m0/s1. The van der Waals surface area contributed by atoms with E-state index in [1.165, 1.54) is 12.8 Å². The number of amides is 1. The Morgan fingerprint density at radius 2 is 1.93 bits per heavy atom. The molecule has 0 spiro atoms. The smallest absolute Gasteiger partial charge is 0.223 e. The normalized spacial score (nSPS) is 21.5. The van der Waals surface area contributed by atoms with E-state index in [0.717, 1.165) is 57.0 Å². The topological polar surface area (TPSA) is 88.9 Å². The van der Waals surface area contributed by atoms with Gasteiger partial charge < -0.3 is 20.4 Å². The van der Waals surface area contributed by atoms with E-state index in [1.807, 2.05) is 13.0 Å². The van der Waals surface area contributed by atoms with Crippen LogP contribution >= 0.6 is 0 Å². The van der Waals surface area contributed by atoms with Crippen molar-refractivity contribution in [2.45, 2.75) is 51.3 Å². The summed E-state index contributed by atoms with van der Waals surface area (Å²) >= 11 is 0. The molecule has 0 saturated carbocycles. The van der Waals surface area contributed by atoms with Gasteiger partial charge in [0.1, 0.15) is 0 Å². The largest absolute Gasteiger partial charge is 0.394 e. The van der Waals surface area contributed by atoms with Crippen molar-refractivity contribution >= 4 is 5.91 Å². The molecule has 1 aromatic rings. The Morgan fingerprint density at radius 1 is 1.21 bits per heavy atom. The van der Waals surface area contributed by atoms with E-state index in [2.05, 4.69) is 32.2 Å². The van der Waals surface area contributed by atoms with Crippen LogP contribution in [-0.4, -0.2) is 82.4 Å². The monoisotopic (exact) mass is 390 g/mol.